The maximum atomic E-state index is 5.26. The molecular formula is C52H48AuN4-2. The summed E-state index contributed by atoms with van der Waals surface area (Å²) in [7, 11) is 0. The molecule has 0 saturated carbocycles. The van der Waals surface area contributed by atoms with Crippen molar-refractivity contribution in [3.63, 3.8) is 0 Å². The second-order valence-electron chi connectivity index (χ2n) is 16.5. The average Bonchev–Trinajstić information content (AvgIpc) is 3.84. The fourth-order valence-electron chi connectivity index (χ4n) is 7.12. The Morgan fingerprint density at radius 2 is 0.860 bits per heavy atom. The molecule has 9 rings (SSSR count). The zero-order valence-electron chi connectivity index (χ0n) is 33.4. The number of amidine groups is 1. The van der Waals surface area contributed by atoms with Gasteiger partial charge in [0.05, 0.1) is 0 Å². The van der Waals surface area contributed by atoms with Crippen molar-refractivity contribution in [2.45, 2.75) is 52.4 Å². The topological polar surface area (TPSA) is 32.9 Å². The zero-order chi connectivity index (χ0) is 38.9. The molecule has 1 radical (unpaired) electrons. The Labute approximate surface area is 353 Å². The number of rotatable bonds is 5. The van der Waals surface area contributed by atoms with Gasteiger partial charge in [-0.1, -0.05) is 187 Å². The van der Waals surface area contributed by atoms with E-state index in [0.29, 0.717) is 0 Å². The third kappa shape index (κ3) is 8.69. The molecule has 0 aliphatic carbocycles. The van der Waals surface area contributed by atoms with Crippen molar-refractivity contribution in [1.29, 1.82) is 0 Å². The molecule has 5 heteroatoms. The predicted molar refractivity (Wildman–Crippen MR) is 238 cm³/mol. The Hall–Kier alpha value is -5.65. The quantitative estimate of drug-likeness (QED) is 0.127. The number of hydrogen-bond acceptors (Lipinski definition) is 3. The molecule has 57 heavy (non-hydrogen) atoms. The Kier molecular flexibility index (Phi) is 11.4. The van der Waals surface area contributed by atoms with Gasteiger partial charge in [-0.25, -0.2) is 0 Å². The number of anilines is 2. The third-order valence-electron chi connectivity index (χ3n) is 10.4. The van der Waals surface area contributed by atoms with E-state index < -0.39 is 0 Å². The van der Waals surface area contributed by atoms with E-state index in [1.165, 1.54) is 33.0 Å². The van der Waals surface area contributed by atoms with E-state index in [-0.39, 0.29) is 33.2 Å². The first kappa shape index (κ1) is 39.6. The molecule has 4 nitrogen and oxygen atoms in total. The number of benzene rings is 7. The van der Waals surface area contributed by atoms with Crippen LogP contribution in [-0.2, 0) is 33.2 Å². The summed E-state index contributed by atoms with van der Waals surface area (Å²) < 4.78 is 0. The molecule has 0 spiro atoms. The Morgan fingerprint density at radius 3 is 1.32 bits per heavy atom. The van der Waals surface area contributed by atoms with E-state index in [0.717, 1.165) is 44.9 Å². The molecule has 289 valence electrons. The summed E-state index contributed by atoms with van der Waals surface area (Å²) in [5.41, 5.74) is 12.7. The van der Waals surface area contributed by atoms with Crippen molar-refractivity contribution in [2.24, 2.45) is 5.10 Å². The molecule has 7 aromatic carbocycles. The molecule has 0 amide bonds. The maximum Gasteiger partial charge on any atom is 0.129 e. The summed E-state index contributed by atoms with van der Waals surface area (Å²) in [5.74, 6) is 0.901. The summed E-state index contributed by atoms with van der Waals surface area (Å²) in [6.07, 6.45) is 0. The van der Waals surface area contributed by atoms with Crippen LogP contribution < -0.4 is 14.9 Å². The normalized spacial score (nSPS) is 12.9. The minimum atomic E-state index is 0. The summed E-state index contributed by atoms with van der Waals surface area (Å²) in [5, 5.41) is 9.79. The van der Waals surface area contributed by atoms with Crippen molar-refractivity contribution in [2.75, 3.05) is 9.91 Å². The second kappa shape index (κ2) is 16.4. The zero-order valence-corrected chi connectivity index (χ0v) is 35.6. The summed E-state index contributed by atoms with van der Waals surface area (Å²) in [4.78, 5) is 6.76. The first-order valence-electron chi connectivity index (χ1n) is 19.4. The van der Waals surface area contributed by atoms with Crippen LogP contribution in [0.4, 0.5) is 11.4 Å². The van der Waals surface area contributed by atoms with Crippen LogP contribution in [0.5, 0.6) is 0 Å². The van der Waals surface area contributed by atoms with E-state index in [1.54, 1.807) is 0 Å². The second-order valence-corrected chi connectivity index (χ2v) is 16.5. The van der Waals surface area contributed by atoms with Gasteiger partial charge in [-0.05, 0) is 85.3 Å². The summed E-state index contributed by atoms with van der Waals surface area (Å²) in [6.45, 7) is 15.8. The van der Waals surface area contributed by atoms with E-state index in [9.17, 15) is 0 Å². The van der Waals surface area contributed by atoms with Crippen LogP contribution in [0.3, 0.4) is 0 Å². The largest absolute Gasteiger partial charge is 0.657 e. The molecule has 0 unspecified atom stereocenters. The van der Waals surface area contributed by atoms with Gasteiger partial charge in [-0.3, -0.25) is 0 Å². The van der Waals surface area contributed by atoms with Crippen LogP contribution >= 0.6 is 0 Å². The summed E-state index contributed by atoms with van der Waals surface area (Å²) >= 11 is 0. The maximum absolute atomic E-state index is 5.26. The monoisotopic (exact) mass is 925 g/mol. The first-order valence-corrected chi connectivity index (χ1v) is 19.4. The minimum Gasteiger partial charge on any atom is -0.657 e. The molecular weight excluding hydrogens is 878 g/mol. The molecule has 8 aromatic rings. The number of hydrazone groups is 1. The van der Waals surface area contributed by atoms with Gasteiger partial charge in [0.15, 0.2) is 0 Å². The van der Waals surface area contributed by atoms with Gasteiger partial charge in [-0.2, -0.15) is 5.10 Å². The Balaban J connectivity index is 0.000000297. The van der Waals surface area contributed by atoms with Gasteiger partial charge in [0.2, 0.25) is 0 Å². The van der Waals surface area contributed by atoms with Crippen molar-refractivity contribution < 1.29 is 22.4 Å². The van der Waals surface area contributed by atoms with E-state index >= 15 is 0 Å². The van der Waals surface area contributed by atoms with Crippen molar-refractivity contribution in [1.82, 2.24) is 4.98 Å². The van der Waals surface area contributed by atoms with Crippen LogP contribution in [-0.4, -0.2) is 5.84 Å². The van der Waals surface area contributed by atoms with Gasteiger partial charge in [0.1, 0.15) is 5.84 Å². The first-order chi connectivity index (χ1) is 27.0. The van der Waals surface area contributed by atoms with Gasteiger partial charge in [-0.15, -0.1) is 17.7 Å². The van der Waals surface area contributed by atoms with Gasteiger partial charge >= 0.3 is 0 Å². The number of aromatic nitrogens is 1. The van der Waals surface area contributed by atoms with Crippen LogP contribution in [0.2, 0.25) is 0 Å². The molecule has 0 fully saturated rings. The minimum absolute atomic E-state index is 0. The van der Waals surface area contributed by atoms with Crippen molar-refractivity contribution >= 4 is 39.0 Å². The van der Waals surface area contributed by atoms with Crippen LogP contribution in [0, 0.1) is 6.67 Å². The standard InChI is InChI=1S/C40H40N3.C12H8N.Au/c1-39(2,3)34-25-35(40(4,5)6)27-36(26-34)42-28-43(41-38(42)31-20-14-9-15-21-31)37-23-32(29-16-10-7-11-17-29)22-33(24-37)30-18-12-8-13-19-30;1-3-7-11-9(5-1)10-6-2-4-8-12(10)13-11;/h7-28H,1-6H3;1-8H;/q2*-1;. The number of para-hydroxylation sites is 2. The molecule has 1 aliphatic rings. The molecule has 0 bridgehead atoms. The van der Waals surface area contributed by atoms with Gasteiger partial charge < -0.3 is 14.9 Å². The molecule has 1 aromatic heterocycles. The molecule has 1 aliphatic heterocycles. The third-order valence-corrected chi connectivity index (χ3v) is 10.4. The van der Waals surface area contributed by atoms with Gasteiger partial charge in [0, 0.05) is 39.3 Å². The number of fused-ring (bicyclic) bond motifs is 3. The SMILES string of the molecule is CC(C)(C)c1cc(N2[CH-]N(c3cc(-c4ccccc4)cc(-c4ccccc4)c3)N=C2c2ccccc2)cc(C(C)(C)C)c1.[Au].c1ccc2c(c1)[n-]c1ccccc12. The Morgan fingerprint density at radius 1 is 0.439 bits per heavy atom. The predicted octanol–water partition coefficient (Wildman–Crippen LogP) is 13.4. The fraction of sp³-hybridized carbons (Fsp3) is 0.154. The molecule has 2 heterocycles. The summed E-state index contributed by atoms with van der Waals surface area (Å²) in [6, 6.07) is 61.9. The Bertz CT molecular complexity index is 2490. The molecule has 0 saturated heterocycles. The number of nitrogens with zero attached hydrogens (tertiary/aromatic N) is 4. The van der Waals surface area contributed by atoms with E-state index in [2.05, 4.69) is 222 Å². The van der Waals surface area contributed by atoms with E-state index in [4.69, 9.17) is 5.10 Å². The molecule has 0 N–H and O–H groups in total. The van der Waals surface area contributed by atoms with Crippen LogP contribution in [0.15, 0.2) is 181 Å². The van der Waals surface area contributed by atoms with E-state index in [1.807, 2.05) is 17.1 Å². The van der Waals surface area contributed by atoms with Gasteiger partial charge in [0.25, 0.3) is 0 Å². The molecule has 0 atom stereocenters. The number of hydrogen-bond donors (Lipinski definition) is 0. The van der Waals surface area contributed by atoms with Crippen molar-refractivity contribution in [3.8, 4) is 22.3 Å². The fourth-order valence-corrected chi connectivity index (χ4v) is 7.12. The van der Waals surface area contributed by atoms with Crippen LogP contribution in [0.1, 0.15) is 58.2 Å². The van der Waals surface area contributed by atoms with Crippen LogP contribution in [0.25, 0.3) is 44.1 Å². The van der Waals surface area contributed by atoms with Crippen molar-refractivity contribution in [3.05, 3.63) is 199 Å². The average molecular weight is 926 g/mol. The smallest absolute Gasteiger partial charge is 0.129 e.